The molecule has 2 aromatic rings. The molecule has 17 heavy (non-hydrogen) atoms. The summed E-state index contributed by atoms with van der Waals surface area (Å²) in [6, 6.07) is 13.7. The van der Waals surface area contributed by atoms with Gasteiger partial charge in [0.2, 0.25) is 0 Å². The molecule has 0 aliphatic rings. The first-order chi connectivity index (χ1) is 8.15. The summed E-state index contributed by atoms with van der Waals surface area (Å²) < 4.78 is 1.20. The number of benzene rings is 2. The minimum atomic E-state index is 0.660. The second-order valence-corrected chi connectivity index (χ2v) is 5.69. The van der Waals surface area contributed by atoms with Crippen LogP contribution in [0.15, 0.2) is 42.5 Å². The number of hydrogen-bond donors (Lipinski definition) is 1. The normalized spacial score (nSPS) is 10.3. The summed E-state index contributed by atoms with van der Waals surface area (Å²) in [7, 11) is 0. The average Bonchev–Trinajstić information content (AvgIpc) is 2.28. The van der Waals surface area contributed by atoms with Gasteiger partial charge in [-0.15, -0.1) is 0 Å². The Morgan fingerprint density at radius 3 is 2.59 bits per heavy atom. The Hall–Kier alpha value is -0.450. The number of rotatable bonds is 3. The van der Waals surface area contributed by atoms with Gasteiger partial charge in [-0.05, 0) is 58.5 Å². The lowest BCUT2D eigenvalue weighted by Crippen LogP contribution is -2.00. The summed E-state index contributed by atoms with van der Waals surface area (Å²) in [5.41, 5.74) is 2.12. The van der Waals surface area contributed by atoms with Crippen LogP contribution in [-0.4, -0.2) is 0 Å². The minimum Gasteiger partial charge on any atom is -0.381 e. The zero-order valence-corrected chi connectivity index (χ0v) is 12.6. The van der Waals surface area contributed by atoms with Crippen LogP contribution in [0.3, 0.4) is 0 Å². The minimum absolute atomic E-state index is 0.660. The third-order valence-corrected chi connectivity index (χ3v) is 3.58. The van der Waals surface area contributed by atoms with Gasteiger partial charge in [-0.2, -0.15) is 0 Å². The van der Waals surface area contributed by atoms with Crippen LogP contribution in [0.5, 0.6) is 0 Å². The van der Waals surface area contributed by atoms with Gasteiger partial charge in [-0.1, -0.05) is 35.3 Å². The van der Waals surface area contributed by atoms with E-state index in [9.17, 15) is 0 Å². The predicted molar refractivity (Wildman–Crippen MR) is 82.9 cm³/mol. The molecular formula is C13H10Cl2IN. The lowest BCUT2D eigenvalue weighted by atomic mass is 10.2. The maximum Gasteiger partial charge on any atom is 0.0470 e. The fraction of sp³-hybridized carbons (Fsp3) is 0.0769. The number of anilines is 1. The molecule has 0 aromatic heterocycles. The largest absolute Gasteiger partial charge is 0.381 e. The molecule has 2 rings (SSSR count). The molecular weight excluding hydrogens is 368 g/mol. The van der Waals surface area contributed by atoms with E-state index in [1.54, 1.807) is 6.07 Å². The van der Waals surface area contributed by atoms with Gasteiger partial charge in [-0.25, -0.2) is 0 Å². The van der Waals surface area contributed by atoms with Crippen molar-refractivity contribution in [1.29, 1.82) is 0 Å². The molecule has 0 heterocycles. The fourth-order valence-corrected chi connectivity index (χ4v) is 2.48. The van der Waals surface area contributed by atoms with E-state index in [1.165, 1.54) is 3.57 Å². The second-order valence-electron chi connectivity index (χ2n) is 3.60. The lowest BCUT2D eigenvalue weighted by molar-refractivity contribution is 1.15. The van der Waals surface area contributed by atoms with Gasteiger partial charge in [0.15, 0.2) is 0 Å². The molecule has 1 nitrogen and oxygen atoms in total. The van der Waals surface area contributed by atoms with Crippen molar-refractivity contribution in [3.8, 4) is 0 Å². The molecule has 0 spiro atoms. The van der Waals surface area contributed by atoms with Crippen LogP contribution in [0.25, 0.3) is 0 Å². The quantitative estimate of drug-likeness (QED) is 0.724. The molecule has 0 unspecified atom stereocenters. The Labute approximate surface area is 124 Å². The zero-order chi connectivity index (χ0) is 12.3. The Morgan fingerprint density at radius 1 is 1.06 bits per heavy atom. The smallest absolute Gasteiger partial charge is 0.0470 e. The van der Waals surface area contributed by atoms with Crippen LogP contribution in [0.4, 0.5) is 5.69 Å². The number of hydrogen-bond acceptors (Lipinski definition) is 1. The van der Waals surface area contributed by atoms with Crippen LogP contribution in [0.1, 0.15) is 5.56 Å². The van der Waals surface area contributed by atoms with E-state index in [-0.39, 0.29) is 0 Å². The zero-order valence-electron chi connectivity index (χ0n) is 8.88. The van der Waals surface area contributed by atoms with Crippen LogP contribution >= 0.6 is 45.8 Å². The topological polar surface area (TPSA) is 12.0 Å². The van der Waals surface area contributed by atoms with Crippen LogP contribution in [0.2, 0.25) is 10.0 Å². The monoisotopic (exact) mass is 377 g/mol. The Balaban J connectivity index is 2.07. The lowest BCUT2D eigenvalue weighted by Gasteiger charge is -2.08. The third-order valence-electron chi connectivity index (χ3n) is 2.32. The molecule has 0 atom stereocenters. The molecule has 0 saturated carbocycles. The first kappa shape index (κ1) is 13.0. The van der Waals surface area contributed by atoms with E-state index < -0.39 is 0 Å². The van der Waals surface area contributed by atoms with Gasteiger partial charge < -0.3 is 5.32 Å². The maximum absolute atomic E-state index is 6.10. The van der Waals surface area contributed by atoms with Gasteiger partial charge in [0.25, 0.3) is 0 Å². The van der Waals surface area contributed by atoms with Crippen LogP contribution < -0.4 is 5.32 Å². The highest BCUT2D eigenvalue weighted by Gasteiger charge is 2.01. The van der Waals surface area contributed by atoms with Gasteiger partial charge in [0.05, 0.1) is 0 Å². The average molecular weight is 378 g/mol. The van der Waals surface area contributed by atoms with Gasteiger partial charge in [0.1, 0.15) is 0 Å². The van der Waals surface area contributed by atoms with E-state index >= 15 is 0 Å². The number of nitrogens with one attached hydrogen (secondary N) is 1. The molecule has 0 bridgehead atoms. The van der Waals surface area contributed by atoms with E-state index in [0.717, 1.165) is 11.3 Å². The number of halogens is 3. The molecule has 1 N–H and O–H groups in total. The van der Waals surface area contributed by atoms with Gasteiger partial charge in [-0.3, -0.25) is 0 Å². The van der Waals surface area contributed by atoms with Crippen molar-refractivity contribution in [2.75, 3.05) is 5.32 Å². The first-order valence-corrected chi connectivity index (χ1v) is 6.92. The van der Waals surface area contributed by atoms with Crippen molar-refractivity contribution < 1.29 is 0 Å². The summed E-state index contributed by atoms with van der Waals surface area (Å²) in [6.07, 6.45) is 0. The summed E-state index contributed by atoms with van der Waals surface area (Å²) in [6.45, 7) is 0.691. The van der Waals surface area contributed by atoms with Crippen LogP contribution in [0, 0.1) is 3.57 Å². The first-order valence-electron chi connectivity index (χ1n) is 5.08. The summed E-state index contributed by atoms with van der Waals surface area (Å²) >= 11 is 14.2. The SMILES string of the molecule is Clc1ccc(CNc2cccc(I)c2)c(Cl)c1. The van der Waals surface area contributed by atoms with Crippen molar-refractivity contribution in [3.05, 3.63) is 61.6 Å². The van der Waals surface area contributed by atoms with Crippen molar-refractivity contribution in [2.24, 2.45) is 0 Å². The highest BCUT2D eigenvalue weighted by molar-refractivity contribution is 14.1. The molecule has 0 radical (unpaired) electrons. The van der Waals surface area contributed by atoms with E-state index in [4.69, 9.17) is 23.2 Å². The van der Waals surface area contributed by atoms with E-state index in [1.807, 2.05) is 24.3 Å². The van der Waals surface area contributed by atoms with Crippen molar-refractivity contribution in [3.63, 3.8) is 0 Å². The molecule has 0 fully saturated rings. The second kappa shape index (κ2) is 5.94. The Bertz CT molecular complexity index is 529. The summed E-state index contributed by atoms with van der Waals surface area (Å²) in [5.74, 6) is 0. The van der Waals surface area contributed by atoms with Gasteiger partial charge >= 0.3 is 0 Å². The third kappa shape index (κ3) is 3.76. The Kier molecular flexibility index (Phi) is 4.54. The van der Waals surface area contributed by atoms with Gasteiger partial charge in [0, 0.05) is 25.8 Å². The van der Waals surface area contributed by atoms with E-state index in [0.29, 0.717) is 16.6 Å². The highest BCUT2D eigenvalue weighted by atomic mass is 127. The maximum atomic E-state index is 6.10. The molecule has 4 heteroatoms. The van der Waals surface area contributed by atoms with Crippen molar-refractivity contribution in [1.82, 2.24) is 0 Å². The molecule has 0 aliphatic carbocycles. The highest BCUT2D eigenvalue weighted by Crippen LogP contribution is 2.22. The molecule has 0 saturated heterocycles. The van der Waals surface area contributed by atoms with Crippen LogP contribution in [-0.2, 0) is 6.54 Å². The predicted octanol–water partition coefficient (Wildman–Crippen LogP) is 5.21. The van der Waals surface area contributed by atoms with E-state index in [2.05, 4.69) is 40.0 Å². The summed E-state index contributed by atoms with van der Waals surface area (Å²) in [5, 5.41) is 4.68. The summed E-state index contributed by atoms with van der Waals surface area (Å²) in [4.78, 5) is 0. The Morgan fingerprint density at radius 2 is 1.88 bits per heavy atom. The molecule has 0 aliphatic heterocycles. The molecule has 0 amide bonds. The van der Waals surface area contributed by atoms with Crippen molar-refractivity contribution >= 4 is 51.5 Å². The molecule has 88 valence electrons. The standard InChI is InChI=1S/C13H10Cl2IN/c14-10-5-4-9(13(15)6-10)8-17-12-3-1-2-11(16)7-12/h1-7,17H,8H2. The fourth-order valence-electron chi connectivity index (χ4n) is 1.46. The van der Waals surface area contributed by atoms with Crippen molar-refractivity contribution in [2.45, 2.75) is 6.54 Å². The molecule has 2 aromatic carbocycles.